The van der Waals surface area contributed by atoms with Gasteiger partial charge in [-0.3, -0.25) is 4.79 Å². The number of nitrogens with zero attached hydrogens (tertiary/aromatic N) is 1. The Hall–Kier alpha value is -2.82. The monoisotopic (exact) mass is 409 g/mol. The Morgan fingerprint density at radius 2 is 1.79 bits per heavy atom. The molecule has 0 aliphatic heterocycles. The summed E-state index contributed by atoms with van der Waals surface area (Å²) in [6.07, 6.45) is 3.40. The van der Waals surface area contributed by atoms with E-state index in [9.17, 15) is 4.79 Å². The van der Waals surface area contributed by atoms with E-state index in [0.29, 0.717) is 21.3 Å². The first-order chi connectivity index (χ1) is 13.5. The SMILES string of the molecule is Cc1cc(Cl)ccc1C(NC(=O)c1ccnc2[nH]ccc12)c1ccc(Cl)cc1. The summed E-state index contributed by atoms with van der Waals surface area (Å²) in [7, 11) is 0. The van der Waals surface area contributed by atoms with Crippen LogP contribution in [0.15, 0.2) is 67.0 Å². The van der Waals surface area contributed by atoms with E-state index in [1.165, 1.54) is 0 Å². The molecule has 140 valence electrons. The van der Waals surface area contributed by atoms with Gasteiger partial charge in [-0.1, -0.05) is 41.4 Å². The highest BCUT2D eigenvalue weighted by Gasteiger charge is 2.21. The molecule has 6 heteroatoms. The molecule has 4 aromatic rings. The van der Waals surface area contributed by atoms with Crippen LogP contribution in [-0.2, 0) is 0 Å². The summed E-state index contributed by atoms with van der Waals surface area (Å²) in [6, 6.07) is 16.4. The third kappa shape index (κ3) is 3.61. The summed E-state index contributed by atoms with van der Waals surface area (Å²) in [4.78, 5) is 20.4. The topological polar surface area (TPSA) is 57.8 Å². The highest BCUT2D eigenvalue weighted by molar-refractivity contribution is 6.30. The van der Waals surface area contributed by atoms with E-state index in [1.807, 2.05) is 55.5 Å². The lowest BCUT2D eigenvalue weighted by Crippen LogP contribution is -2.30. The number of aryl methyl sites for hydroxylation is 1. The third-order valence-corrected chi connectivity index (χ3v) is 5.21. The van der Waals surface area contributed by atoms with E-state index in [4.69, 9.17) is 23.2 Å². The second kappa shape index (κ2) is 7.66. The van der Waals surface area contributed by atoms with Crippen LogP contribution >= 0.6 is 23.2 Å². The number of nitrogens with one attached hydrogen (secondary N) is 2. The van der Waals surface area contributed by atoms with E-state index in [1.54, 1.807) is 18.5 Å². The van der Waals surface area contributed by atoms with Gasteiger partial charge in [0.25, 0.3) is 5.91 Å². The number of H-pyrrole nitrogens is 1. The van der Waals surface area contributed by atoms with E-state index in [-0.39, 0.29) is 11.9 Å². The van der Waals surface area contributed by atoms with Crippen LogP contribution in [0, 0.1) is 6.92 Å². The van der Waals surface area contributed by atoms with Crippen molar-refractivity contribution in [3.8, 4) is 0 Å². The lowest BCUT2D eigenvalue weighted by molar-refractivity contribution is 0.0944. The van der Waals surface area contributed by atoms with Crippen molar-refractivity contribution in [1.82, 2.24) is 15.3 Å². The maximum Gasteiger partial charge on any atom is 0.252 e. The van der Waals surface area contributed by atoms with E-state index < -0.39 is 0 Å². The minimum atomic E-state index is -0.343. The van der Waals surface area contributed by atoms with Crippen molar-refractivity contribution in [3.63, 3.8) is 0 Å². The fourth-order valence-electron chi connectivity index (χ4n) is 3.33. The number of pyridine rings is 1. The Labute approximate surface area is 172 Å². The van der Waals surface area contributed by atoms with E-state index in [2.05, 4.69) is 15.3 Å². The van der Waals surface area contributed by atoms with E-state index >= 15 is 0 Å². The van der Waals surface area contributed by atoms with Crippen molar-refractivity contribution in [2.45, 2.75) is 13.0 Å². The quantitative estimate of drug-likeness (QED) is 0.454. The fraction of sp³-hybridized carbons (Fsp3) is 0.0909. The maximum absolute atomic E-state index is 13.2. The summed E-state index contributed by atoms with van der Waals surface area (Å²) in [5.74, 6) is -0.179. The summed E-state index contributed by atoms with van der Waals surface area (Å²) < 4.78 is 0. The zero-order valence-corrected chi connectivity index (χ0v) is 16.6. The van der Waals surface area contributed by atoms with Crippen LogP contribution in [0.2, 0.25) is 10.0 Å². The molecule has 2 heterocycles. The normalized spacial score (nSPS) is 12.1. The average molecular weight is 410 g/mol. The second-order valence-corrected chi connectivity index (χ2v) is 7.43. The molecule has 0 radical (unpaired) electrons. The molecule has 0 saturated carbocycles. The number of amides is 1. The van der Waals surface area contributed by atoms with Gasteiger partial charge < -0.3 is 10.3 Å². The largest absolute Gasteiger partial charge is 0.346 e. The van der Waals surface area contributed by atoms with Crippen molar-refractivity contribution in [3.05, 3.63) is 99.3 Å². The molecule has 0 spiro atoms. The highest BCUT2D eigenvalue weighted by atomic mass is 35.5. The Morgan fingerprint density at radius 1 is 1.04 bits per heavy atom. The molecule has 4 nitrogen and oxygen atoms in total. The van der Waals surface area contributed by atoms with Gasteiger partial charge >= 0.3 is 0 Å². The minimum absolute atomic E-state index is 0.179. The lowest BCUT2D eigenvalue weighted by atomic mass is 9.94. The molecule has 2 aromatic heterocycles. The van der Waals surface area contributed by atoms with Gasteiger partial charge in [0.1, 0.15) is 5.65 Å². The van der Waals surface area contributed by atoms with Gasteiger partial charge in [-0.2, -0.15) is 0 Å². The third-order valence-electron chi connectivity index (χ3n) is 4.73. The molecule has 0 saturated heterocycles. The van der Waals surface area contributed by atoms with Gasteiger partial charge in [-0.05, 0) is 60.0 Å². The van der Waals surface area contributed by atoms with Crippen molar-refractivity contribution in [1.29, 1.82) is 0 Å². The standard InChI is InChI=1S/C22H17Cl2N3O/c1-13-12-16(24)6-7-17(13)20(14-2-4-15(23)5-3-14)27-22(28)19-9-11-26-21-18(19)8-10-25-21/h2-12,20H,1H3,(H,25,26)(H,27,28). The fourth-order valence-corrected chi connectivity index (χ4v) is 3.68. The first-order valence-electron chi connectivity index (χ1n) is 8.77. The van der Waals surface area contributed by atoms with Crippen molar-refractivity contribution in [2.24, 2.45) is 0 Å². The summed E-state index contributed by atoms with van der Waals surface area (Å²) in [6.45, 7) is 1.98. The molecule has 4 rings (SSSR count). The number of benzene rings is 2. The van der Waals surface area contributed by atoms with Crippen LogP contribution < -0.4 is 5.32 Å². The van der Waals surface area contributed by atoms with Gasteiger partial charge in [0.15, 0.2) is 0 Å². The molecule has 28 heavy (non-hydrogen) atoms. The molecule has 0 aliphatic rings. The molecule has 1 atom stereocenters. The van der Waals surface area contributed by atoms with Crippen LogP contribution in [0.25, 0.3) is 11.0 Å². The van der Waals surface area contributed by atoms with Crippen LogP contribution in [0.1, 0.15) is 33.1 Å². The number of carbonyl (C=O) groups is 1. The first kappa shape index (κ1) is 18.5. The summed E-state index contributed by atoms with van der Waals surface area (Å²) in [5, 5.41) is 5.24. The number of fused-ring (bicyclic) bond motifs is 1. The number of hydrogen-bond acceptors (Lipinski definition) is 2. The number of rotatable bonds is 4. The van der Waals surface area contributed by atoms with Gasteiger partial charge in [-0.15, -0.1) is 0 Å². The van der Waals surface area contributed by atoms with E-state index in [0.717, 1.165) is 22.1 Å². The predicted molar refractivity (Wildman–Crippen MR) is 113 cm³/mol. The number of aromatic amines is 1. The van der Waals surface area contributed by atoms with Crippen LogP contribution in [-0.4, -0.2) is 15.9 Å². The molecule has 1 unspecified atom stereocenters. The zero-order chi connectivity index (χ0) is 19.7. The summed E-state index contributed by atoms with van der Waals surface area (Å²) >= 11 is 12.2. The predicted octanol–water partition coefficient (Wildman–Crippen LogP) is 5.70. The molecular weight excluding hydrogens is 393 g/mol. The van der Waals surface area contributed by atoms with Gasteiger partial charge in [0.2, 0.25) is 0 Å². The number of aromatic nitrogens is 2. The first-order valence-corrected chi connectivity index (χ1v) is 9.53. The second-order valence-electron chi connectivity index (χ2n) is 6.56. The zero-order valence-electron chi connectivity index (χ0n) is 15.0. The molecule has 0 fully saturated rings. The van der Waals surface area contributed by atoms with Crippen molar-refractivity contribution < 1.29 is 4.79 Å². The van der Waals surface area contributed by atoms with Crippen LogP contribution in [0.5, 0.6) is 0 Å². The van der Waals surface area contributed by atoms with Crippen molar-refractivity contribution >= 4 is 40.1 Å². The smallest absolute Gasteiger partial charge is 0.252 e. The molecule has 1 amide bonds. The van der Waals surface area contributed by atoms with Gasteiger partial charge in [0.05, 0.1) is 11.6 Å². The Kier molecular flexibility index (Phi) is 5.07. The highest BCUT2D eigenvalue weighted by Crippen LogP contribution is 2.29. The minimum Gasteiger partial charge on any atom is -0.346 e. The number of hydrogen-bond donors (Lipinski definition) is 2. The number of halogens is 2. The summed E-state index contributed by atoms with van der Waals surface area (Å²) in [5.41, 5.74) is 4.14. The van der Waals surface area contributed by atoms with Crippen LogP contribution in [0.4, 0.5) is 0 Å². The molecular formula is C22H17Cl2N3O. The van der Waals surface area contributed by atoms with Gasteiger partial charge in [0, 0.05) is 27.8 Å². The molecule has 0 bridgehead atoms. The number of carbonyl (C=O) groups excluding carboxylic acids is 1. The van der Waals surface area contributed by atoms with Crippen molar-refractivity contribution in [2.75, 3.05) is 0 Å². The molecule has 2 aromatic carbocycles. The van der Waals surface area contributed by atoms with Crippen LogP contribution in [0.3, 0.4) is 0 Å². The van der Waals surface area contributed by atoms with Gasteiger partial charge in [-0.25, -0.2) is 4.98 Å². The Bertz CT molecular complexity index is 1150. The molecule has 0 aliphatic carbocycles. The average Bonchev–Trinajstić information content (AvgIpc) is 3.16. The Balaban J connectivity index is 1.76. The lowest BCUT2D eigenvalue weighted by Gasteiger charge is -2.22. The maximum atomic E-state index is 13.2. The molecule has 2 N–H and O–H groups in total. The Morgan fingerprint density at radius 3 is 2.54 bits per heavy atom.